The lowest BCUT2D eigenvalue weighted by molar-refractivity contribution is -0.141. The lowest BCUT2D eigenvalue weighted by atomic mass is 10.1. The quantitative estimate of drug-likeness (QED) is 0.223. The number of aliphatic carboxylic acids is 1. The number of carboxylic acids is 1. The van der Waals surface area contributed by atoms with E-state index in [2.05, 4.69) is 30.6 Å². The molecule has 0 radical (unpaired) electrons. The Morgan fingerprint density at radius 3 is 2.62 bits per heavy atom. The maximum Gasteiger partial charge on any atom is 0.325 e. The van der Waals surface area contributed by atoms with Gasteiger partial charge < -0.3 is 25.6 Å². The van der Waals surface area contributed by atoms with Gasteiger partial charge in [0.2, 0.25) is 5.91 Å². The van der Waals surface area contributed by atoms with Crippen LogP contribution in [0.5, 0.6) is 0 Å². The molecule has 0 spiro atoms. The molecule has 2 aromatic carbocycles. The maximum atomic E-state index is 13.0. The van der Waals surface area contributed by atoms with Crippen molar-refractivity contribution in [2.45, 2.75) is 44.7 Å². The molecule has 3 heterocycles. The number of benzene rings is 2. The minimum Gasteiger partial charge on any atom is -0.480 e. The molecule has 0 aliphatic carbocycles. The van der Waals surface area contributed by atoms with E-state index >= 15 is 0 Å². The third-order valence-corrected chi connectivity index (χ3v) is 7.41. The van der Waals surface area contributed by atoms with Crippen LogP contribution in [0.4, 0.5) is 5.82 Å². The summed E-state index contributed by atoms with van der Waals surface area (Å²) < 4.78 is 0. The van der Waals surface area contributed by atoms with E-state index in [1.165, 1.54) is 13.3 Å². The second kappa shape index (κ2) is 11.6. The first kappa shape index (κ1) is 27.6. The zero-order chi connectivity index (χ0) is 28.4. The molecule has 2 atom stereocenters. The molecule has 2 amide bonds. The fraction of sp³-hybridized carbons (Fsp3) is 0.333. The van der Waals surface area contributed by atoms with E-state index in [0.717, 1.165) is 18.4 Å². The second-order valence-corrected chi connectivity index (χ2v) is 10.6. The van der Waals surface area contributed by atoms with Crippen LogP contribution in [-0.2, 0) is 9.59 Å². The number of aromatic amines is 1. The Kier molecular flexibility index (Phi) is 8.04. The number of anilines is 1. The van der Waals surface area contributed by atoms with Crippen LogP contribution in [-0.4, -0.2) is 66.9 Å². The summed E-state index contributed by atoms with van der Waals surface area (Å²) in [6.45, 7) is 2.80. The molecule has 2 aromatic heterocycles. The predicted molar refractivity (Wildman–Crippen MR) is 152 cm³/mol. The molecule has 0 bridgehead atoms. The van der Waals surface area contributed by atoms with Crippen molar-refractivity contribution >= 4 is 68.7 Å². The van der Waals surface area contributed by atoms with Crippen LogP contribution in [0, 0.1) is 0 Å². The average molecular weight is 584 g/mol. The number of rotatable bonds is 9. The number of hydrogen-bond acceptors (Lipinski definition) is 7. The third kappa shape index (κ3) is 5.95. The van der Waals surface area contributed by atoms with Gasteiger partial charge in [-0.2, -0.15) is 0 Å². The number of nitrogens with zero attached hydrogens (tertiary/aromatic N) is 4. The molecule has 4 N–H and O–H groups in total. The minimum absolute atomic E-state index is 0.0192. The van der Waals surface area contributed by atoms with E-state index in [4.69, 9.17) is 28.3 Å². The number of likely N-dealkylation sites (tertiary alicyclic amines) is 1. The van der Waals surface area contributed by atoms with Gasteiger partial charge in [0.05, 0.1) is 33.2 Å². The average Bonchev–Trinajstić information content (AvgIpc) is 3.60. The Morgan fingerprint density at radius 2 is 1.88 bits per heavy atom. The lowest BCUT2D eigenvalue weighted by Crippen LogP contribution is -2.38. The summed E-state index contributed by atoms with van der Waals surface area (Å²) in [5.41, 5.74) is 2.33. The van der Waals surface area contributed by atoms with Gasteiger partial charge in [-0.15, -0.1) is 0 Å². The van der Waals surface area contributed by atoms with Crippen LogP contribution in [0.25, 0.3) is 21.9 Å². The number of fused-ring (bicyclic) bond motifs is 2. The van der Waals surface area contributed by atoms with Crippen molar-refractivity contribution in [2.75, 3.05) is 18.4 Å². The number of aromatic nitrogens is 4. The van der Waals surface area contributed by atoms with Crippen LogP contribution in [0.3, 0.4) is 0 Å². The van der Waals surface area contributed by atoms with Gasteiger partial charge in [-0.05, 0) is 56.5 Å². The van der Waals surface area contributed by atoms with Crippen molar-refractivity contribution in [2.24, 2.45) is 0 Å². The van der Waals surface area contributed by atoms with E-state index in [1.807, 2.05) is 6.07 Å². The molecular weight excluding hydrogens is 557 g/mol. The van der Waals surface area contributed by atoms with Crippen LogP contribution < -0.4 is 10.6 Å². The fourth-order valence-electron chi connectivity index (χ4n) is 4.70. The number of carbonyl (C=O) groups excluding carboxylic acids is 2. The molecule has 0 saturated carbocycles. The normalized spacial score (nSPS) is 14.8. The van der Waals surface area contributed by atoms with Crippen molar-refractivity contribution in [1.82, 2.24) is 30.2 Å². The first-order chi connectivity index (χ1) is 19.2. The summed E-state index contributed by atoms with van der Waals surface area (Å²) in [4.78, 5) is 55.2. The topological polar surface area (TPSA) is 153 Å². The number of carboxylic acid groups (broad SMARTS) is 1. The lowest BCUT2D eigenvalue weighted by Gasteiger charge is -2.20. The standard InChI is InChI=1S/C27H27Cl2N7O4/c1-14(27(39)40)32-23(37)7-6-20(25-33-19-5-4-15(28)10-22(19)35-25)34-24-17-11-18(29)16(12-21(17)30-13-31-24)26(38)36-8-2-3-9-36/h4-5,10-14,20H,2-3,6-9H2,1H3,(H,32,37)(H,33,35)(H,39,40)(H,30,31,34). The van der Waals surface area contributed by atoms with E-state index < -0.39 is 24.0 Å². The fourth-order valence-corrected chi connectivity index (χ4v) is 5.11. The Morgan fingerprint density at radius 1 is 1.10 bits per heavy atom. The van der Waals surface area contributed by atoms with Crippen LogP contribution in [0.15, 0.2) is 36.7 Å². The summed E-state index contributed by atoms with van der Waals surface area (Å²) in [6.07, 6.45) is 3.60. The molecular formula is C27H27Cl2N7O4. The third-order valence-electron chi connectivity index (χ3n) is 6.86. The van der Waals surface area contributed by atoms with Gasteiger partial charge in [0.25, 0.3) is 5.91 Å². The number of imidazole rings is 1. The summed E-state index contributed by atoms with van der Waals surface area (Å²) >= 11 is 12.7. The molecule has 4 aromatic rings. The van der Waals surface area contributed by atoms with Crippen molar-refractivity contribution in [3.05, 3.63) is 58.1 Å². The van der Waals surface area contributed by atoms with Crippen molar-refractivity contribution in [3.8, 4) is 0 Å². The van der Waals surface area contributed by atoms with Crippen molar-refractivity contribution in [1.29, 1.82) is 0 Å². The summed E-state index contributed by atoms with van der Waals surface area (Å²) in [5.74, 6) is -0.687. The van der Waals surface area contributed by atoms with E-state index in [-0.39, 0.29) is 18.7 Å². The zero-order valence-corrected chi connectivity index (χ0v) is 23.1. The Hall–Kier alpha value is -3.96. The Bertz CT molecular complexity index is 1600. The molecule has 11 nitrogen and oxygen atoms in total. The monoisotopic (exact) mass is 583 g/mol. The van der Waals surface area contributed by atoms with Gasteiger partial charge in [-0.25, -0.2) is 15.0 Å². The summed E-state index contributed by atoms with van der Waals surface area (Å²) in [5, 5.41) is 16.4. The highest BCUT2D eigenvalue weighted by molar-refractivity contribution is 6.35. The van der Waals surface area contributed by atoms with E-state index in [1.54, 1.807) is 29.2 Å². The number of H-pyrrole nitrogens is 1. The minimum atomic E-state index is -1.12. The van der Waals surface area contributed by atoms with Gasteiger partial charge >= 0.3 is 5.97 Å². The van der Waals surface area contributed by atoms with Gasteiger partial charge in [0.1, 0.15) is 24.0 Å². The number of nitrogens with one attached hydrogen (secondary N) is 3. The van der Waals surface area contributed by atoms with Crippen LogP contribution >= 0.6 is 23.2 Å². The predicted octanol–water partition coefficient (Wildman–Crippen LogP) is 4.57. The number of hydrogen-bond donors (Lipinski definition) is 4. The molecule has 13 heteroatoms. The Labute approximate surface area is 239 Å². The zero-order valence-electron chi connectivity index (χ0n) is 21.6. The van der Waals surface area contributed by atoms with E-state index in [0.29, 0.717) is 56.8 Å². The molecule has 1 fully saturated rings. The molecule has 2 unspecified atom stereocenters. The molecule has 1 aliphatic rings. The van der Waals surface area contributed by atoms with E-state index in [9.17, 15) is 14.4 Å². The molecule has 1 saturated heterocycles. The van der Waals surface area contributed by atoms with Crippen molar-refractivity contribution in [3.63, 3.8) is 0 Å². The number of carbonyl (C=O) groups is 3. The van der Waals surface area contributed by atoms with Crippen LogP contribution in [0.2, 0.25) is 10.0 Å². The highest BCUT2D eigenvalue weighted by Crippen LogP contribution is 2.32. The first-order valence-corrected chi connectivity index (χ1v) is 13.6. The van der Waals surface area contributed by atoms with Gasteiger partial charge in [0, 0.05) is 29.9 Å². The van der Waals surface area contributed by atoms with Gasteiger partial charge in [0.15, 0.2) is 0 Å². The molecule has 1 aliphatic heterocycles. The second-order valence-electron chi connectivity index (χ2n) is 9.72. The maximum absolute atomic E-state index is 13.0. The number of halogens is 2. The first-order valence-electron chi connectivity index (χ1n) is 12.9. The molecule has 208 valence electrons. The SMILES string of the molecule is CC(NC(=O)CCC(Nc1ncnc2cc(C(=O)N3CCCC3)c(Cl)cc12)c1nc2cc(Cl)ccc2[nH]1)C(=O)O. The molecule has 5 rings (SSSR count). The largest absolute Gasteiger partial charge is 0.480 e. The summed E-state index contributed by atoms with van der Waals surface area (Å²) in [7, 11) is 0. The summed E-state index contributed by atoms with van der Waals surface area (Å²) in [6, 6.07) is 7.08. The highest BCUT2D eigenvalue weighted by atomic mass is 35.5. The molecule has 40 heavy (non-hydrogen) atoms. The number of amides is 2. The van der Waals surface area contributed by atoms with Crippen LogP contribution in [0.1, 0.15) is 54.8 Å². The Balaban J connectivity index is 1.46. The highest BCUT2D eigenvalue weighted by Gasteiger charge is 2.24. The van der Waals surface area contributed by atoms with Gasteiger partial charge in [-0.3, -0.25) is 14.4 Å². The van der Waals surface area contributed by atoms with Crippen molar-refractivity contribution < 1.29 is 19.5 Å². The van der Waals surface area contributed by atoms with Gasteiger partial charge in [-0.1, -0.05) is 23.2 Å². The smallest absolute Gasteiger partial charge is 0.325 e.